The lowest BCUT2D eigenvalue weighted by molar-refractivity contribution is -0.137. The zero-order valence-electron chi connectivity index (χ0n) is 16.5. The van der Waals surface area contributed by atoms with E-state index in [1.54, 1.807) is 36.3 Å². The maximum absolute atomic E-state index is 12.7. The first kappa shape index (κ1) is 20.7. The molecule has 1 aromatic heterocycles. The van der Waals surface area contributed by atoms with Gasteiger partial charge in [-0.3, -0.25) is 0 Å². The highest BCUT2D eigenvalue weighted by atomic mass is 19.4. The van der Waals surface area contributed by atoms with Crippen molar-refractivity contribution in [1.29, 1.82) is 0 Å². The summed E-state index contributed by atoms with van der Waals surface area (Å²) in [5.41, 5.74) is 0.240. The maximum Gasteiger partial charge on any atom is 0.416 e. The van der Waals surface area contributed by atoms with Gasteiger partial charge in [0.15, 0.2) is 0 Å². The van der Waals surface area contributed by atoms with Crippen LogP contribution < -0.4 is 10.1 Å². The molecule has 2 amide bonds. The summed E-state index contributed by atoms with van der Waals surface area (Å²) in [6.45, 7) is 0.470. The lowest BCUT2D eigenvalue weighted by Gasteiger charge is -2.22. The van der Waals surface area contributed by atoms with Crippen molar-refractivity contribution in [2.24, 2.45) is 0 Å². The van der Waals surface area contributed by atoms with Crippen molar-refractivity contribution in [1.82, 2.24) is 15.0 Å². The van der Waals surface area contributed by atoms with Gasteiger partial charge in [-0.05, 0) is 61.4 Å². The number of benzene rings is 2. The highest BCUT2D eigenvalue weighted by Crippen LogP contribution is 2.33. The number of nitrogens with one attached hydrogen (secondary N) is 1. The average molecular weight is 432 g/mol. The first-order chi connectivity index (χ1) is 14.8. The SMILES string of the molecule is COc1ccc(-c2noc(C3CCCN3C(=O)Nc3ccc(C(F)(F)F)cc3)n2)cc1. The van der Waals surface area contributed by atoms with Gasteiger partial charge in [-0.1, -0.05) is 5.16 Å². The topological polar surface area (TPSA) is 80.5 Å². The molecule has 0 aliphatic carbocycles. The Morgan fingerprint density at radius 2 is 1.87 bits per heavy atom. The van der Waals surface area contributed by atoms with Gasteiger partial charge in [0.2, 0.25) is 11.7 Å². The molecule has 0 saturated carbocycles. The fourth-order valence-electron chi connectivity index (χ4n) is 3.43. The highest BCUT2D eigenvalue weighted by Gasteiger charge is 2.34. The van der Waals surface area contributed by atoms with E-state index in [1.165, 1.54) is 12.1 Å². The second-order valence-electron chi connectivity index (χ2n) is 7.04. The predicted molar refractivity (Wildman–Crippen MR) is 105 cm³/mol. The average Bonchev–Trinajstić information content (AvgIpc) is 3.43. The van der Waals surface area contributed by atoms with Crippen molar-refractivity contribution in [2.45, 2.75) is 25.1 Å². The number of aromatic nitrogens is 2. The minimum Gasteiger partial charge on any atom is -0.497 e. The van der Waals surface area contributed by atoms with Crippen molar-refractivity contribution in [3.63, 3.8) is 0 Å². The smallest absolute Gasteiger partial charge is 0.416 e. The van der Waals surface area contributed by atoms with Crippen LogP contribution in [0.5, 0.6) is 5.75 Å². The normalized spacial score (nSPS) is 16.4. The van der Waals surface area contributed by atoms with Gasteiger partial charge in [0, 0.05) is 17.8 Å². The van der Waals surface area contributed by atoms with Gasteiger partial charge in [-0.2, -0.15) is 18.2 Å². The fourth-order valence-corrected chi connectivity index (χ4v) is 3.43. The molecule has 4 rings (SSSR count). The third kappa shape index (κ3) is 4.47. The molecule has 2 heterocycles. The van der Waals surface area contributed by atoms with Gasteiger partial charge in [0.05, 0.1) is 12.7 Å². The van der Waals surface area contributed by atoms with Crippen molar-refractivity contribution >= 4 is 11.7 Å². The number of anilines is 1. The Bertz CT molecular complexity index is 1050. The van der Waals surface area contributed by atoms with Crippen molar-refractivity contribution in [3.8, 4) is 17.1 Å². The van der Waals surface area contributed by atoms with Crippen LogP contribution in [0.2, 0.25) is 0 Å². The van der Waals surface area contributed by atoms with E-state index in [4.69, 9.17) is 9.26 Å². The molecule has 1 aliphatic heterocycles. The first-order valence-corrected chi connectivity index (χ1v) is 9.58. The van der Waals surface area contributed by atoms with Crippen LogP contribution in [0.3, 0.4) is 0 Å². The number of hydrogen-bond acceptors (Lipinski definition) is 5. The first-order valence-electron chi connectivity index (χ1n) is 9.58. The van der Waals surface area contributed by atoms with Gasteiger partial charge < -0.3 is 19.5 Å². The van der Waals surface area contributed by atoms with E-state index < -0.39 is 23.8 Å². The largest absolute Gasteiger partial charge is 0.497 e. The number of carbonyl (C=O) groups is 1. The molecule has 2 aromatic carbocycles. The number of methoxy groups -OCH3 is 1. The summed E-state index contributed by atoms with van der Waals surface area (Å²) in [7, 11) is 1.58. The van der Waals surface area contributed by atoms with Crippen molar-refractivity contribution in [3.05, 3.63) is 60.0 Å². The monoisotopic (exact) mass is 432 g/mol. The molecular weight excluding hydrogens is 413 g/mol. The van der Waals surface area contributed by atoms with Gasteiger partial charge in [-0.25, -0.2) is 4.79 Å². The van der Waals surface area contributed by atoms with Gasteiger partial charge in [0.1, 0.15) is 11.8 Å². The molecule has 0 radical (unpaired) electrons. The predicted octanol–water partition coefficient (Wildman–Crippen LogP) is 5.13. The third-order valence-electron chi connectivity index (χ3n) is 5.05. The molecule has 1 N–H and O–H groups in total. The van der Waals surface area contributed by atoms with Crippen LogP contribution in [0.1, 0.15) is 30.3 Å². The summed E-state index contributed by atoms with van der Waals surface area (Å²) in [5, 5.41) is 6.63. The lowest BCUT2D eigenvalue weighted by Crippen LogP contribution is -2.34. The molecule has 10 heteroatoms. The highest BCUT2D eigenvalue weighted by molar-refractivity contribution is 5.89. The zero-order chi connectivity index (χ0) is 22.0. The number of amides is 2. The summed E-state index contributed by atoms with van der Waals surface area (Å²) in [4.78, 5) is 18.7. The zero-order valence-corrected chi connectivity index (χ0v) is 16.5. The molecular formula is C21H19F3N4O3. The Morgan fingerprint density at radius 1 is 1.16 bits per heavy atom. The number of urea groups is 1. The minimum absolute atomic E-state index is 0.271. The van der Waals surface area contributed by atoms with Crippen molar-refractivity contribution < 1.29 is 27.2 Å². The van der Waals surface area contributed by atoms with E-state index in [0.717, 1.165) is 24.1 Å². The van der Waals surface area contributed by atoms with Crippen LogP contribution >= 0.6 is 0 Å². The second-order valence-corrected chi connectivity index (χ2v) is 7.04. The number of carbonyl (C=O) groups excluding carboxylic acids is 1. The Hall–Kier alpha value is -3.56. The quantitative estimate of drug-likeness (QED) is 0.618. The number of likely N-dealkylation sites (tertiary alicyclic amines) is 1. The summed E-state index contributed by atoms with van der Waals surface area (Å²) >= 11 is 0. The molecule has 1 fully saturated rings. The Morgan fingerprint density at radius 3 is 2.52 bits per heavy atom. The van der Waals surface area contributed by atoms with E-state index in [2.05, 4.69) is 15.5 Å². The van der Waals surface area contributed by atoms with E-state index in [9.17, 15) is 18.0 Å². The molecule has 1 aliphatic rings. The van der Waals surface area contributed by atoms with E-state index in [-0.39, 0.29) is 5.69 Å². The third-order valence-corrected chi connectivity index (χ3v) is 5.05. The molecule has 1 atom stereocenters. The van der Waals surface area contributed by atoms with E-state index in [1.807, 2.05) is 0 Å². The standard InChI is InChI=1S/C21H19F3N4O3/c1-30-16-10-4-13(5-11-16)18-26-19(31-27-18)17-3-2-12-28(17)20(29)25-15-8-6-14(7-9-15)21(22,23)24/h4-11,17H,2-3,12H2,1H3,(H,25,29). The van der Waals surface area contributed by atoms with Gasteiger partial charge in [-0.15, -0.1) is 0 Å². The number of ether oxygens (including phenoxy) is 1. The molecule has 162 valence electrons. The Labute approximate surface area is 175 Å². The van der Waals surface area contributed by atoms with Gasteiger partial charge >= 0.3 is 12.2 Å². The number of alkyl halides is 3. The van der Waals surface area contributed by atoms with Crippen LogP contribution in [-0.2, 0) is 6.18 Å². The van der Waals surface area contributed by atoms with Crippen LogP contribution in [-0.4, -0.2) is 34.7 Å². The summed E-state index contributed by atoms with van der Waals surface area (Å²) in [5.74, 6) is 1.41. The van der Waals surface area contributed by atoms with Crippen LogP contribution in [0, 0.1) is 0 Å². The number of halogens is 3. The van der Waals surface area contributed by atoms with Crippen LogP contribution in [0.25, 0.3) is 11.4 Å². The Kier molecular flexibility index (Phi) is 5.53. The number of hydrogen-bond donors (Lipinski definition) is 1. The molecule has 1 saturated heterocycles. The fraction of sp³-hybridized carbons (Fsp3) is 0.286. The minimum atomic E-state index is -4.43. The van der Waals surface area contributed by atoms with E-state index in [0.29, 0.717) is 30.4 Å². The molecule has 0 bridgehead atoms. The van der Waals surface area contributed by atoms with E-state index >= 15 is 0 Å². The Balaban J connectivity index is 1.46. The van der Waals surface area contributed by atoms with Crippen LogP contribution in [0.15, 0.2) is 53.1 Å². The second kappa shape index (κ2) is 8.29. The van der Waals surface area contributed by atoms with Crippen molar-refractivity contribution in [2.75, 3.05) is 19.0 Å². The molecule has 1 unspecified atom stereocenters. The maximum atomic E-state index is 12.7. The molecule has 31 heavy (non-hydrogen) atoms. The summed E-state index contributed by atoms with van der Waals surface area (Å²) < 4.78 is 48.6. The molecule has 0 spiro atoms. The summed E-state index contributed by atoms with van der Waals surface area (Å²) in [6, 6.07) is 10.6. The summed E-state index contributed by atoms with van der Waals surface area (Å²) in [6.07, 6.45) is -3.04. The lowest BCUT2D eigenvalue weighted by atomic mass is 10.2. The number of nitrogens with zero attached hydrogens (tertiary/aromatic N) is 3. The van der Waals surface area contributed by atoms with Crippen LogP contribution in [0.4, 0.5) is 23.7 Å². The number of rotatable bonds is 4. The molecule has 3 aromatic rings. The van der Waals surface area contributed by atoms with Gasteiger partial charge in [0.25, 0.3) is 0 Å². The molecule has 7 nitrogen and oxygen atoms in total.